The number of piperidine rings is 1. The molecule has 0 saturated carbocycles. The van der Waals surface area contributed by atoms with Crippen LogP contribution in [0.3, 0.4) is 0 Å². The van der Waals surface area contributed by atoms with E-state index in [4.69, 9.17) is 18.0 Å². The maximum absolute atomic E-state index is 14.2. The highest BCUT2D eigenvalue weighted by molar-refractivity contribution is 7.80. The number of aliphatic hydroxyl groups excluding tert-OH is 1. The highest BCUT2D eigenvalue weighted by atomic mass is 32.1. The normalized spacial score (nSPS) is 29.6. The quantitative estimate of drug-likeness (QED) is 0.813. The second-order valence-electron chi connectivity index (χ2n) is 5.45. The molecule has 2 atom stereocenters. The number of aliphatic hydroxyl groups is 1. The first-order valence-corrected chi connectivity index (χ1v) is 7.03. The van der Waals surface area contributed by atoms with Crippen LogP contribution in [0.1, 0.15) is 31.2 Å². The molecule has 2 aliphatic heterocycles. The minimum Gasteiger partial charge on any atom is -0.393 e. The number of thiocarbonyl (C=S) groups is 1. The van der Waals surface area contributed by atoms with Crippen molar-refractivity contribution in [3.8, 4) is 0 Å². The molecule has 0 aromatic heterocycles. The van der Waals surface area contributed by atoms with Crippen LogP contribution in [0, 0.1) is 5.82 Å². The van der Waals surface area contributed by atoms with Gasteiger partial charge in [-0.05, 0) is 43.9 Å². The summed E-state index contributed by atoms with van der Waals surface area (Å²) in [5.41, 5.74) is 6.68. The molecule has 2 bridgehead atoms. The number of benzene rings is 1. The molecule has 2 fully saturated rings. The molecule has 19 heavy (non-hydrogen) atoms. The van der Waals surface area contributed by atoms with E-state index >= 15 is 0 Å². The number of hydrogen-bond acceptors (Lipinski definition) is 3. The van der Waals surface area contributed by atoms with Gasteiger partial charge in [-0.2, -0.15) is 0 Å². The van der Waals surface area contributed by atoms with Gasteiger partial charge < -0.3 is 15.7 Å². The number of nitrogens with two attached hydrogens (primary N) is 1. The second-order valence-corrected chi connectivity index (χ2v) is 5.89. The molecular formula is C14H17FN2OS. The second kappa shape index (κ2) is 4.72. The third-order valence-electron chi connectivity index (χ3n) is 4.22. The number of anilines is 1. The first-order valence-electron chi connectivity index (χ1n) is 6.62. The minimum atomic E-state index is -0.279. The van der Waals surface area contributed by atoms with E-state index in [1.165, 1.54) is 6.07 Å². The van der Waals surface area contributed by atoms with E-state index < -0.39 is 0 Å². The Morgan fingerprint density at radius 1 is 1.32 bits per heavy atom. The zero-order chi connectivity index (χ0) is 13.6. The monoisotopic (exact) mass is 280 g/mol. The number of rotatable bonds is 2. The number of nitrogens with zero attached hydrogens (tertiary/aromatic N) is 1. The lowest BCUT2D eigenvalue weighted by atomic mass is 9.98. The van der Waals surface area contributed by atoms with Crippen molar-refractivity contribution in [3.05, 3.63) is 29.6 Å². The largest absolute Gasteiger partial charge is 0.393 e. The van der Waals surface area contributed by atoms with Crippen molar-refractivity contribution in [2.45, 2.75) is 43.9 Å². The Balaban J connectivity index is 1.93. The summed E-state index contributed by atoms with van der Waals surface area (Å²) in [5, 5.41) is 9.79. The first kappa shape index (κ1) is 12.8. The Hall–Kier alpha value is -1.20. The number of hydrogen-bond donors (Lipinski definition) is 2. The van der Waals surface area contributed by atoms with Crippen LogP contribution in [0.5, 0.6) is 0 Å². The average Bonchev–Trinajstić information content (AvgIpc) is 2.62. The molecule has 3 rings (SSSR count). The summed E-state index contributed by atoms with van der Waals surface area (Å²) in [6.07, 6.45) is 3.27. The van der Waals surface area contributed by atoms with Gasteiger partial charge in [-0.25, -0.2) is 4.39 Å². The van der Waals surface area contributed by atoms with Gasteiger partial charge in [0.25, 0.3) is 0 Å². The van der Waals surface area contributed by atoms with Gasteiger partial charge in [0, 0.05) is 17.6 Å². The van der Waals surface area contributed by atoms with E-state index in [1.807, 2.05) is 0 Å². The number of fused-ring (bicyclic) bond motifs is 2. The fraction of sp³-hybridized carbons (Fsp3) is 0.500. The molecule has 2 heterocycles. The van der Waals surface area contributed by atoms with Crippen molar-refractivity contribution in [3.63, 3.8) is 0 Å². The summed E-state index contributed by atoms with van der Waals surface area (Å²) in [4.78, 5) is 2.34. The zero-order valence-corrected chi connectivity index (χ0v) is 11.4. The van der Waals surface area contributed by atoms with E-state index in [0.717, 1.165) is 25.7 Å². The fourth-order valence-corrected chi connectivity index (χ4v) is 3.54. The van der Waals surface area contributed by atoms with Gasteiger partial charge in [0.15, 0.2) is 0 Å². The maximum atomic E-state index is 14.2. The fourth-order valence-electron chi connectivity index (χ4n) is 3.41. The summed E-state index contributed by atoms with van der Waals surface area (Å²) < 4.78 is 14.2. The summed E-state index contributed by atoms with van der Waals surface area (Å²) >= 11 is 4.86. The van der Waals surface area contributed by atoms with Crippen LogP contribution in [0.4, 0.5) is 10.1 Å². The molecule has 1 aromatic carbocycles. The third-order valence-corrected chi connectivity index (χ3v) is 4.45. The number of halogens is 1. The van der Waals surface area contributed by atoms with Gasteiger partial charge in [0.1, 0.15) is 10.8 Å². The van der Waals surface area contributed by atoms with Gasteiger partial charge in [0.05, 0.1) is 11.8 Å². The third kappa shape index (κ3) is 2.21. The lowest BCUT2D eigenvalue weighted by Gasteiger charge is -2.39. The Morgan fingerprint density at radius 3 is 2.47 bits per heavy atom. The SMILES string of the molecule is NC(=S)c1ccc(N2C3CCC2CC(O)C3)c(F)c1. The van der Waals surface area contributed by atoms with Crippen LogP contribution >= 0.6 is 12.2 Å². The van der Waals surface area contributed by atoms with Crippen LogP contribution in [-0.2, 0) is 0 Å². The van der Waals surface area contributed by atoms with Gasteiger partial charge >= 0.3 is 0 Å². The van der Waals surface area contributed by atoms with Crippen LogP contribution in [0.25, 0.3) is 0 Å². The Labute approximate surface area is 117 Å². The smallest absolute Gasteiger partial charge is 0.147 e. The molecule has 0 radical (unpaired) electrons. The highest BCUT2D eigenvalue weighted by Gasteiger charge is 2.41. The predicted molar refractivity (Wildman–Crippen MR) is 76.8 cm³/mol. The Morgan fingerprint density at radius 2 is 1.95 bits per heavy atom. The van der Waals surface area contributed by atoms with E-state index in [1.54, 1.807) is 12.1 Å². The lowest BCUT2D eigenvalue weighted by molar-refractivity contribution is 0.126. The van der Waals surface area contributed by atoms with E-state index in [2.05, 4.69) is 4.90 Å². The first-order chi connectivity index (χ1) is 9.06. The molecule has 1 aromatic rings. The van der Waals surface area contributed by atoms with Crippen LogP contribution < -0.4 is 10.6 Å². The van der Waals surface area contributed by atoms with Crippen molar-refractivity contribution in [2.75, 3.05) is 4.90 Å². The average molecular weight is 280 g/mol. The van der Waals surface area contributed by atoms with Crippen molar-refractivity contribution in [2.24, 2.45) is 5.73 Å². The molecule has 0 spiro atoms. The highest BCUT2D eigenvalue weighted by Crippen LogP contribution is 2.40. The molecule has 3 N–H and O–H groups in total. The Bertz CT molecular complexity index is 508. The Kier molecular flexibility index (Phi) is 3.19. The minimum absolute atomic E-state index is 0.211. The van der Waals surface area contributed by atoms with Crippen LogP contribution in [0.2, 0.25) is 0 Å². The molecule has 2 aliphatic rings. The van der Waals surface area contributed by atoms with Crippen molar-refractivity contribution in [1.29, 1.82) is 0 Å². The summed E-state index contributed by atoms with van der Waals surface area (Å²) in [5.74, 6) is -0.279. The molecule has 0 amide bonds. The predicted octanol–water partition coefficient (Wildman–Crippen LogP) is 1.95. The van der Waals surface area contributed by atoms with E-state index in [9.17, 15) is 9.50 Å². The van der Waals surface area contributed by atoms with Crippen LogP contribution in [-0.4, -0.2) is 28.3 Å². The van der Waals surface area contributed by atoms with Crippen molar-refractivity contribution < 1.29 is 9.50 Å². The topological polar surface area (TPSA) is 49.5 Å². The molecule has 5 heteroatoms. The molecule has 2 saturated heterocycles. The van der Waals surface area contributed by atoms with Gasteiger partial charge in [-0.1, -0.05) is 12.2 Å². The van der Waals surface area contributed by atoms with Crippen molar-refractivity contribution in [1.82, 2.24) is 0 Å². The molecule has 2 unspecified atom stereocenters. The van der Waals surface area contributed by atoms with Gasteiger partial charge in [0.2, 0.25) is 0 Å². The molecule has 3 nitrogen and oxygen atoms in total. The molecule has 102 valence electrons. The summed E-state index contributed by atoms with van der Waals surface area (Å²) in [6, 6.07) is 5.43. The maximum Gasteiger partial charge on any atom is 0.147 e. The van der Waals surface area contributed by atoms with Gasteiger partial charge in [-0.15, -0.1) is 0 Å². The molecular weight excluding hydrogens is 263 g/mol. The standard InChI is InChI=1S/C14H17FN2OS/c15-12-5-8(14(16)19)1-4-13(12)17-9-2-3-10(17)7-11(18)6-9/h1,4-5,9-11,18H,2-3,6-7H2,(H2,16,19). The van der Waals surface area contributed by atoms with Crippen LogP contribution in [0.15, 0.2) is 18.2 Å². The summed E-state index contributed by atoms with van der Waals surface area (Å²) in [6.45, 7) is 0. The van der Waals surface area contributed by atoms with E-state index in [-0.39, 0.29) is 29.0 Å². The van der Waals surface area contributed by atoms with Gasteiger partial charge in [-0.3, -0.25) is 0 Å². The van der Waals surface area contributed by atoms with E-state index in [0.29, 0.717) is 11.3 Å². The summed E-state index contributed by atoms with van der Waals surface area (Å²) in [7, 11) is 0. The molecule has 0 aliphatic carbocycles. The van der Waals surface area contributed by atoms with Crippen molar-refractivity contribution >= 4 is 22.9 Å². The zero-order valence-electron chi connectivity index (χ0n) is 10.6. The lowest BCUT2D eigenvalue weighted by Crippen LogP contribution is -2.45.